The molecule has 6 unspecified atom stereocenters. The molecule has 11 nitrogen and oxygen atoms in total. The molecule has 3 saturated heterocycles. The highest BCUT2D eigenvalue weighted by atomic mass is 32.2. The average molecular weight is 468 g/mol. The van der Waals surface area contributed by atoms with Gasteiger partial charge in [-0.3, -0.25) is 19.5 Å². The summed E-state index contributed by atoms with van der Waals surface area (Å²) in [7, 11) is 0. The minimum Gasteiger partial charge on any atom is -0.449 e. The van der Waals surface area contributed by atoms with Gasteiger partial charge in [0.05, 0.1) is 41.4 Å². The zero-order valence-corrected chi connectivity index (χ0v) is 18.8. The number of hydrogen-bond acceptors (Lipinski definition) is 8. The van der Waals surface area contributed by atoms with Gasteiger partial charge in [0.25, 0.3) is 0 Å². The molecule has 5 N–H and O–H groups in total. The largest absolute Gasteiger partial charge is 0.512 e. The Bertz CT molecular complexity index is 863. The van der Waals surface area contributed by atoms with E-state index in [0.717, 1.165) is 6.42 Å². The Morgan fingerprint density at radius 2 is 2.19 bits per heavy atom. The van der Waals surface area contributed by atoms with E-state index in [1.807, 2.05) is 6.92 Å². The number of aliphatic hydroxyl groups excluding tert-OH is 1. The topological polar surface area (TPSA) is 158 Å². The van der Waals surface area contributed by atoms with Gasteiger partial charge in [-0.1, -0.05) is 6.92 Å². The predicted molar refractivity (Wildman–Crippen MR) is 117 cm³/mol. The third kappa shape index (κ3) is 3.95. The highest BCUT2D eigenvalue weighted by Crippen LogP contribution is 2.52. The number of carboxylic acid groups (broad SMARTS) is 1. The van der Waals surface area contributed by atoms with Crippen molar-refractivity contribution < 1.29 is 29.3 Å². The van der Waals surface area contributed by atoms with Gasteiger partial charge in [-0.2, -0.15) is 0 Å². The molecule has 32 heavy (non-hydrogen) atoms. The standard InChI is InChI=1S/C20H29N5O6S/c1-9-15-14(10(2)26)18(28)25(15)19(31-20(29)30)16(9)32-12-5-13(22-6-12)17(27)24-4-3-11(7-24)23-8-21/h8-15,22,26H,3-7H2,1-2H3,(H2,21,23)(H,29,30)/t9?,10?,11?,12?,13?,14?,15-/m0/s1. The number of hydrogen-bond donors (Lipinski definition) is 4. The first-order valence-corrected chi connectivity index (χ1v) is 11.7. The maximum atomic E-state index is 12.9. The fraction of sp³-hybridized carbons (Fsp3) is 0.700. The van der Waals surface area contributed by atoms with E-state index in [1.165, 1.54) is 23.0 Å². The van der Waals surface area contributed by atoms with Gasteiger partial charge in [0.15, 0.2) is 0 Å². The Balaban J connectivity index is 1.43. The summed E-state index contributed by atoms with van der Waals surface area (Å²) in [5, 5.41) is 22.5. The van der Waals surface area contributed by atoms with Crippen molar-refractivity contribution in [3.63, 3.8) is 0 Å². The number of carbonyl (C=O) groups is 3. The van der Waals surface area contributed by atoms with Crippen molar-refractivity contribution in [3.8, 4) is 0 Å². The Labute approximate surface area is 190 Å². The molecule has 4 aliphatic heterocycles. The monoisotopic (exact) mass is 467 g/mol. The van der Waals surface area contributed by atoms with Crippen LogP contribution in [0.15, 0.2) is 15.8 Å². The van der Waals surface area contributed by atoms with E-state index in [4.69, 9.17) is 10.5 Å². The summed E-state index contributed by atoms with van der Waals surface area (Å²) in [4.78, 5) is 44.7. The molecule has 0 bridgehead atoms. The minimum absolute atomic E-state index is 0.0214. The maximum absolute atomic E-state index is 12.9. The van der Waals surface area contributed by atoms with Crippen molar-refractivity contribution in [2.75, 3.05) is 19.6 Å². The number of nitrogens with two attached hydrogens (primary N) is 1. The van der Waals surface area contributed by atoms with E-state index in [2.05, 4.69) is 10.3 Å². The number of fused-ring (bicyclic) bond motifs is 1. The van der Waals surface area contributed by atoms with Gasteiger partial charge in [-0.05, 0) is 19.8 Å². The van der Waals surface area contributed by atoms with Gasteiger partial charge in [0.2, 0.25) is 17.7 Å². The van der Waals surface area contributed by atoms with Crippen LogP contribution in [0.1, 0.15) is 26.7 Å². The van der Waals surface area contributed by atoms with Crippen molar-refractivity contribution in [2.45, 2.75) is 56.2 Å². The van der Waals surface area contributed by atoms with Gasteiger partial charge in [0.1, 0.15) is 0 Å². The Kier molecular flexibility index (Phi) is 6.37. The molecule has 0 spiro atoms. The molecular formula is C20H29N5O6S. The number of aliphatic hydroxyl groups is 1. The number of carbonyl (C=O) groups excluding carboxylic acids is 2. The third-order valence-corrected chi connectivity index (χ3v) is 8.19. The molecule has 7 atom stereocenters. The molecule has 3 fully saturated rings. The van der Waals surface area contributed by atoms with E-state index < -0.39 is 18.2 Å². The maximum Gasteiger partial charge on any atom is 0.512 e. The number of aliphatic imine (C=N–C) groups is 1. The van der Waals surface area contributed by atoms with Crippen LogP contribution in [-0.4, -0.2) is 93.4 Å². The lowest BCUT2D eigenvalue weighted by molar-refractivity contribution is -0.163. The molecule has 4 aliphatic rings. The molecule has 0 aliphatic carbocycles. The zero-order chi connectivity index (χ0) is 23.2. The molecule has 0 radical (unpaired) electrons. The second kappa shape index (κ2) is 8.91. The number of ether oxygens (including phenoxy) is 1. The number of likely N-dealkylation sites (tertiary alicyclic amines) is 1. The Morgan fingerprint density at radius 3 is 2.84 bits per heavy atom. The number of rotatable bonds is 6. The zero-order valence-electron chi connectivity index (χ0n) is 18.0. The first-order valence-electron chi connectivity index (χ1n) is 10.8. The average Bonchev–Trinajstić information content (AvgIpc) is 3.42. The molecule has 0 aromatic rings. The number of β-lactam (4-membered cyclic amide) rings is 1. The molecule has 0 aromatic carbocycles. The summed E-state index contributed by atoms with van der Waals surface area (Å²) in [6.07, 6.45) is 0.341. The fourth-order valence-electron chi connectivity index (χ4n) is 5.17. The van der Waals surface area contributed by atoms with E-state index >= 15 is 0 Å². The normalized spacial score (nSPS) is 35.4. The molecule has 12 heteroatoms. The molecule has 176 valence electrons. The molecule has 0 saturated carbocycles. The lowest BCUT2D eigenvalue weighted by atomic mass is 9.79. The number of nitrogens with zero attached hydrogens (tertiary/aromatic N) is 3. The Hall–Kier alpha value is -2.31. The van der Waals surface area contributed by atoms with Crippen LogP contribution in [0.25, 0.3) is 0 Å². The molecule has 4 rings (SSSR count). The second-order valence-corrected chi connectivity index (χ2v) is 10.1. The first-order chi connectivity index (χ1) is 15.2. The second-order valence-electron chi connectivity index (χ2n) is 8.75. The van der Waals surface area contributed by atoms with Crippen LogP contribution >= 0.6 is 11.8 Å². The molecule has 2 amide bonds. The van der Waals surface area contributed by atoms with Crippen molar-refractivity contribution >= 4 is 36.1 Å². The van der Waals surface area contributed by atoms with Gasteiger partial charge in [-0.25, -0.2) is 4.79 Å². The van der Waals surface area contributed by atoms with Gasteiger partial charge in [-0.15, -0.1) is 11.8 Å². The summed E-state index contributed by atoms with van der Waals surface area (Å²) in [6.45, 7) is 5.26. The lowest BCUT2D eigenvalue weighted by Crippen LogP contribution is -2.63. The smallest absolute Gasteiger partial charge is 0.449 e. The summed E-state index contributed by atoms with van der Waals surface area (Å²) in [5.41, 5.74) is 5.36. The summed E-state index contributed by atoms with van der Waals surface area (Å²) >= 11 is 1.45. The minimum atomic E-state index is -1.49. The van der Waals surface area contributed by atoms with Crippen LogP contribution in [0, 0.1) is 11.8 Å². The van der Waals surface area contributed by atoms with Crippen LogP contribution < -0.4 is 11.1 Å². The van der Waals surface area contributed by atoms with E-state index in [1.54, 1.807) is 11.8 Å². The molecule has 0 aromatic heterocycles. The number of thioether (sulfide) groups is 1. The van der Waals surface area contributed by atoms with Gasteiger partial charge >= 0.3 is 6.16 Å². The van der Waals surface area contributed by atoms with E-state index in [0.29, 0.717) is 31.0 Å². The summed E-state index contributed by atoms with van der Waals surface area (Å²) < 4.78 is 5.01. The summed E-state index contributed by atoms with van der Waals surface area (Å²) in [5.74, 6) is -1.00. The van der Waals surface area contributed by atoms with Crippen LogP contribution in [0.3, 0.4) is 0 Å². The molecule has 4 heterocycles. The van der Waals surface area contributed by atoms with Crippen molar-refractivity contribution in [3.05, 3.63) is 10.8 Å². The van der Waals surface area contributed by atoms with Crippen molar-refractivity contribution in [2.24, 2.45) is 22.6 Å². The summed E-state index contributed by atoms with van der Waals surface area (Å²) in [6, 6.07) is -0.603. The van der Waals surface area contributed by atoms with Crippen molar-refractivity contribution in [1.82, 2.24) is 15.1 Å². The van der Waals surface area contributed by atoms with Gasteiger partial charge in [0, 0.05) is 30.8 Å². The predicted octanol–water partition coefficient (Wildman–Crippen LogP) is -0.241. The van der Waals surface area contributed by atoms with Crippen LogP contribution in [0.4, 0.5) is 4.79 Å². The highest BCUT2D eigenvalue weighted by Gasteiger charge is 2.60. The van der Waals surface area contributed by atoms with Crippen LogP contribution in [0.5, 0.6) is 0 Å². The lowest BCUT2D eigenvalue weighted by Gasteiger charge is -2.45. The fourth-order valence-corrected chi connectivity index (χ4v) is 6.59. The van der Waals surface area contributed by atoms with Crippen LogP contribution in [0.2, 0.25) is 0 Å². The van der Waals surface area contributed by atoms with Gasteiger partial charge < -0.3 is 30.9 Å². The quantitative estimate of drug-likeness (QED) is 0.179. The van der Waals surface area contributed by atoms with E-state index in [9.17, 15) is 24.6 Å². The molecular weight excluding hydrogens is 438 g/mol. The highest BCUT2D eigenvalue weighted by molar-refractivity contribution is 8.03. The number of amides is 2. The first kappa shape index (κ1) is 22.9. The Morgan fingerprint density at radius 1 is 1.44 bits per heavy atom. The third-order valence-electron chi connectivity index (χ3n) is 6.70. The number of nitrogens with one attached hydrogen (secondary N) is 1. The SMILES string of the molecule is CC(O)C1C(=O)N2C(OC(=O)O)=C(SC3CNC(C(=O)N4CCC(N=CN)C4)C3)C(C)[C@@H]12. The van der Waals surface area contributed by atoms with Crippen molar-refractivity contribution in [1.29, 1.82) is 0 Å². The van der Waals surface area contributed by atoms with Crippen LogP contribution in [-0.2, 0) is 14.3 Å². The van der Waals surface area contributed by atoms with E-state index in [-0.39, 0.29) is 47.0 Å².